The van der Waals surface area contributed by atoms with Gasteiger partial charge in [-0.1, -0.05) is 0 Å². The molecule has 0 spiro atoms. The van der Waals surface area contributed by atoms with Crippen LogP contribution in [0.2, 0.25) is 0 Å². The van der Waals surface area contributed by atoms with Crippen LogP contribution < -0.4 is 0 Å². The largest absolute Gasteiger partial charge is 0.508 e. The van der Waals surface area contributed by atoms with Crippen molar-refractivity contribution in [2.24, 2.45) is 0 Å². The molecule has 0 aromatic heterocycles. The van der Waals surface area contributed by atoms with Crippen molar-refractivity contribution < 1.29 is 33.6 Å². The summed E-state index contributed by atoms with van der Waals surface area (Å²) in [6.07, 6.45) is -4.66. The molecular weight excluding hydrogens is 208 g/mol. The lowest BCUT2D eigenvalue weighted by molar-refractivity contribution is -0.0954. The van der Waals surface area contributed by atoms with Crippen LogP contribution in [0.3, 0.4) is 0 Å². The third-order valence-corrected chi connectivity index (χ3v) is 2.38. The van der Waals surface area contributed by atoms with E-state index < -0.39 is 36.7 Å². The highest BCUT2D eigenvalue weighted by Crippen LogP contribution is 2.29. The molecule has 0 amide bonds. The second-order valence-electron chi connectivity index (χ2n) is 3.37. The predicted octanol–water partition coefficient (Wildman–Crippen LogP) is 0.372. The highest BCUT2D eigenvalue weighted by atomic mass is 16.8. The van der Waals surface area contributed by atoms with Crippen molar-refractivity contribution in [3.63, 3.8) is 0 Å². The molecule has 7 heteroatoms. The first-order valence-electron chi connectivity index (χ1n) is 4.46. The number of ether oxygens (including phenoxy) is 4. The molecule has 0 aromatic rings. The van der Waals surface area contributed by atoms with E-state index in [1.807, 2.05) is 0 Å². The molecule has 2 rings (SSSR count). The van der Waals surface area contributed by atoms with Gasteiger partial charge in [-0.15, -0.1) is 0 Å². The minimum Gasteiger partial charge on any atom is -0.450 e. The summed E-state index contributed by atoms with van der Waals surface area (Å²) in [5.74, 6) is 0. The standard InChI is InChI=1S/C8H10O7/c1-3-5(14-7(9)10)6-4(13-3)2-12-8(11)15-6/h3-6H,2H2,1H3,(H,9,10)/t3-,4?,5+,6+/m1/s1. The van der Waals surface area contributed by atoms with Crippen molar-refractivity contribution in [2.45, 2.75) is 31.3 Å². The van der Waals surface area contributed by atoms with Gasteiger partial charge in [0, 0.05) is 0 Å². The van der Waals surface area contributed by atoms with Crippen LogP contribution in [0.15, 0.2) is 0 Å². The Labute approximate surface area is 84.9 Å². The molecule has 2 fully saturated rings. The lowest BCUT2D eigenvalue weighted by Crippen LogP contribution is -2.44. The van der Waals surface area contributed by atoms with Gasteiger partial charge in [0.25, 0.3) is 0 Å². The third kappa shape index (κ3) is 1.82. The molecule has 0 aromatic carbocycles. The number of hydrogen-bond donors (Lipinski definition) is 1. The van der Waals surface area contributed by atoms with Gasteiger partial charge in [0.15, 0.2) is 12.2 Å². The monoisotopic (exact) mass is 218 g/mol. The molecule has 1 N–H and O–H groups in total. The van der Waals surface area contributed by atoms with Gasteiger partial charge >= 0.3 is 12.3 Å². The van der Waals surface area contributed by atoms with Gasteiger partial charge in [0.2, 0.25) is 0 Å². The van der Waals surface area contributed by atoms with Crippen LogP contribution in [-0.2, 0) is 18.9 Å². The van der Waals surface area contributed by atoms with Crippen molar-refractivity contribution in [1.29, 1.82) is 0 Å². The normalized spacial score (nSPS) is 38.9. The molecule has 2 aliphatic rings. The van der Waals surface area contributed by atoms with Gasteiger partial charge in [-0.25, -0.2) is 9.59 Å². The van der Waals surface area contributed by atoms with Gasteiger partial charge in [-0.2, -0.15) is 0 Å². The van der Waals surface area contributed by atoms with Gasteiger partial charge in [0.1, 0.15) is 12.7 Å². The van der Waals surface area contributed by atoms with E-state index in [0.29, 0.717) is 0 Å². The Morgan fingerprint density at radius 2 is 2.33 bits per heavy atom. The number of carbonyl (C=O) groups is 2. The topological polar surface area (TPSA) is 91.3 Å². The number of cyclic esters (lactones) is 1. The average molecular weight is 218 g/mol. The molecule has 0 saturated carbocycles. The second kappa shape index (κ2) is 3.58. The summed E-state index contributed by atoms with van der Waals surface area (Å²) in [6, 6.07) is 0. The van der Waals surface area contributed by atoms with Gasteiger partial charge < -0.3 is 24.1 Å². The SMILES string of the molecule is C[C@H]1OC2COC(=O)O[C@@H]2[C@H]1OC(=O)O. The van der Waals surface area contributed by atoms with E-state index in [9.17, 15) is 9.59 Å². The summed E-state index contributed by atoms with van der Waals surface area (Å²) < 4.78 is 19.4. The molecule has 84 valence electrons. The van der Waals surface area contributed by atoms with Crippen LogP contribution in [0.4, 0.5) is 9.59 Å². The Bertz CT molecular complexity index is 287. The van der Waals surface area contributed by atoms with Crippen LogP contribution in [0.1, 0.15) is 6.92 Å². The molecule has 2 aliphatic heterocycles. The zero-order chi connectivity index (χ0) is 11.0. The van der Waals surface area contributed by atoms with E-state index in [2.05, 4.69) is 9.47 Å². The summed E-state index contributed by atoms with van der Waals surface area (Å²) in [6.45, 7) is 1.72. The number of fused-ring (bicyclic) bond motifs is 1. The molecule has 0 bridgehead atoms. The first-order chi connectivity index (χ1) is 7.08. The van der Waals surface area contributed by atoms with Crippen molar-refractivity contribution in [3.8, 4) is 0 Å². The minimum absolute atomic E-state index is 0.0628. The van der Waals surface area contributed by atoms with E-state index >= 15 is 0 Å². The van der Waals surface area contributed by atoms with E-state index in [1.165, 1.54) is 0 Å². The summed E-state index contributed by atoms with van der Waals surface area (Å²) >= 11 is 0. The van der Waals surface area contributed by atoms with E-state index in [1.54, 1.807) is 6.92 Å². The van der Waals surface area contributed by atoms with Crippen LogP contribution in [0.25, 0.3) is 0 Å². The van der Waals surface area contributed by atoms with Gasteiger partial charge in [0.05, 0.1) is 6.10 Å². The molecule has 2 saturated heterocycles. The van der Waals surface area contributed by atoms with Crippen molar-refractivity contribution >= 4 is 12.3 Å². The molecule has 7 nitrogen and oxygen atoms in total. The maximum atomic E-state index is 10.8. The van der Waals surface area contributed by atoms with E-state index in [0.717, 1.165) is 0 Å². The number of carbonyl (C=O) groups excluding carboxylic acids is 1. The van der Waals surface area contributed by atoms with Crippen LogP contribution >= 0.6 is 0 Å². The predicted molar refractivity (Wildman–Crippen MR) is 43.5 cm³/mol. The zero-order valence-electron chi connectivity index (χ0n) is 7.91. The quantitative estimate of drug-likeness (QED) is 0.635. The maximum absolute atomic E-state index is 10.8. The molecule has 4 atom stereocenters. The Morgan fingerprint density at radius 1 is 1.60 bits per heavy atom. The summed E-state index contributed by atoms with van der Waals surface area (Å²) in [5.41, 5.74) is 0. The Kier molecular flexibility index (Phi) is 2.39. The number of carboxylic acid groups (broad SMARTS) is 1. The summed E-state index contributed by atoms with van der Waals surface area (Å²) in [5, 5.41) is 8.50. The highest BCUT2D eigenvalue weighted by Gasteiger charge is 2.50. The van der Waals surface area contributed by atoms with Crippen LogP contribution in [0, 0.1) is 0 Å². The highest BCUT2D eigenvalue weighted by molar-refractivity contribution is 5.61. The van der Waals surface area contributed by atoms with Crippen molar-refractivity contribution in [3.05, 3.63) is 0 Å². The number of rotatable bonds is 1. The first-order valence-corrected chi connectivity index (χ1v) is 4.46. The fraction of sp³-hybridized carbons (Fsp3) is 0.750. The second-order valence-corrected chi connectivity index (χ2v) is 3.37. The van der Waals surface area contributed by atoms with Crippen molar-refractivity contribution in [2.75, 3.05) is 6.61 Å². The number of hydrogen-bond acceptors (Lipinski definition) is 6. The Morgan fingerprint density at radius 3 is 3.00 bits per heavy atom. The van der Waals surface area contributed by atoms with Crippen LogP contribution in [0.5, 0.6) is 0 Å². The van der Waals surface area contributed by atoms with Crippen LogP contribution in [-0.4, -0.2) is 48.4 Å². The molecule has 15 heavy (non-hydrogen) atoms. The lowest BCUT2D eigenvalue weighted by atomic mass is 10.1. The first kappa shape index (κ1) is 10.0. The lowest BCUT2D eigenvalue weighted by Gasteiger charge is -2.25. The van der Waals surface area contributed by atoms with Crippen molar-refractivity contribution in [1.82, 2.24) is 0 Å². The molecule has 1 unspecified atom stereocenters. The molecule has 2 heterocycles. The average Bonchev–Trinajstić information content (AvgIpc) is 2.43. The summed E-state index contributed by atoms with van der Waals surface area (Å²) in [4.78, 5) is 21.2. The van der Waals surface area contributed by atoms with E-state index in [4.69, 9.17) is 14.6 Å². The summed E-state index contributed by atoms with van der Waals surface area (Å²) in [7, 11) is 0. The molecule has 0 aliphatic carbocycles. The maximum Gasteiger partial charge on any atom is 0.508 e. The van der Waals surface area contributed by atoms with Gasteiger partial charge in [-0.3, -0.25) is 0 Å². The zero-order valence-corrected chi connectivity index (χ0v) is 7.91. The molecule has 0 radical (unpaired) electrons. The minimum atomic E-state index is -1.42. The smallest absolute Gasteiger partial charge is 0.450 e. The fourth-order valence-electron chi connectivity index (χ4n) is 1.76. The Balaban J connectivity index is 2.09. The molecular formula is C8H10O7. The van der Waals surface area contributed by atoms with E-state index in [-0.39, 0.29) is 6.61 Å². The van der Waals surface area contributed by atoms with Gasteiger partial charge in [-0.05, 0) is 6.92 Å². The fourth-order valence-corrected chi connectivity index (χ4v) is 1.76. The third-order valence-electron chi connectivity index (χ3n) is 2.38. The Hall–Kier alpha value is -1.50.